The van der Waals surface area contributed by atoms with Crippen LogP contribution in [0.25, 0.3) is 0 Å². The molecule has 0 aromatic carbocycles. The second-order valence-corrected chi connectivity index (χ2v) is 8.04. The molecule has 0 radical (unpaired) electrons. The highest BCUT2D eigenvalue weighted by Gasteiger charge is 2.30. The molecule has 0 fully saturated rings. The van der Waals surface area contributed by atoms with Crippen LogP contribution in [0.1, 0.15) is 54.9 Å². The van der Waals surface area contributed by atoms with Gasteiger partial charge in [-0.2, -0.15) is 0 Å². The summed E-state index contributed by atoms with van der Waals surface area (Å²) in [5.74, 6) is -0.307. The largest absolute Gasteiger partial charge is 0.387 e. The van der Waals surface area contributed by atoms with Crippen LogP contribution < -0.4 is 10.6 Å². The molecule has 114 valence electrons. The molecule has 4 nitrogen and oxygen atoms in total. The van der Waals surface area contributed by atoms with Crippen LogP contribution in [0, 0.1) is 10.8 Å². The van der Waals surface area contributed by atoms with Crippen molar-refractivity contribution in [1.29, 1.82) is 0 Å². The Morgan fingerprint density at radius 1 is 0.947 bits per heavy atom. The van der Waals surface area contributed by atoms with Crippen molar-refractivity contribution in [3.8, 4) is 0 Å². The van der Waals surface area contributed by atoms with Gasteiger partial charge in [-0.3, -0.25) is 4.79 Å². The van der Waals surface area contributed by atoms with E-state index in [4.69, 9.17) is 5.11 Å². The van der Waals surface area contributed by atoms with Crippen LogP contribution in [0.4, 0.5) is 0 Å². The van der Waals surface area contributed by atoms with E-state index in [9.17, 15) is 4.79 Å². The maximum atomic E-state index is 11.1. The molecular weight excluding hydrogens is 240 g/mol. The van der Waals surface area contributed by atoms with Gasteiger partial charge in [-0.1, -0.05) is 27.7 Å². The highest BCUT2D eigenvalue weighted by Crippen LogP contribution is 2.33. The van der Waals surface area contributed by atoms with E-state index in [1.54, 1.807) is 0 Å². The van der Waals surface area contributed by atoms with E-state index in [-0.39, 0.29) is 22.3 Å². The Kier molecular flexibility index (Phi) is 6.49. The van der Waals surface area contributed by atoms with Crippen molar-refractivity contribution in [2.24, 2.45) is 10.8 Å². The number of hydrogen-bond acceptors (Lipinski definition) is 3. The van der Waals surface area contributed by atoms with Gasteiger partial charge in [0.15, 0.2) is 0 Å². The normalized spacial score (nSPS) is 13.5. The molecule has 0 unspecified atom stereocenters. The van der Waals surface area contributed by atoms with Gasteiger partial charge in [0.25, 0.3) is 0 Å². The zero-order valence-corrected chi connectivity index (χ0v) is 13.7. The van der Waals surface area contributed by atoms with Crippen LogP contribution in [0.15, 0.2) is 0 Å². The Morgan fingerprint density at radius 2 is 1.42 bits per heavy atom. The van der Waals surface area contributed by atoms with E-state index in [1.807, 2.05) is 0 Å². The summed E-state index contributed by atoms with van der Waals surface area (Å²) in [7, 11) is 0. The topological polar surface area (TPSA) is 61.4 Å². The zero-order valence-electron chi connectivity index (χ0n) is 13.7. The van der Waals surface area contributed by atoms with E-state index in [0.717, 1.165) is 13.0 Å². The summed E-state index contributed by atoms with van der Waals surface area (Å²) in [4.78, 5) is 11.1. The molecule has 0 saturated carbocycles. The van der Waals surface area contributed by atoms with E-state index in [1.165, 1.54) is 0 Å². The number of carbonyl (C=O) groups is 1. The number of nitrogens with one attached hydrogen (secondary N) is 2. The Balaban J connectivity index is 4.33. The fourth-order valence-corrected chi connectivity index (χ4v) is 2.32. The van der Waals surface area contributed by atoms with Gasteiger partial charge in [-0.25, -0.2) is 0 Å². The van der Waals surface area contributed by atoms with E-state index in [0.29, 0.717) is 6.54 Å². The van der Waals surface area contributed by atoms with E-state index < -0.39 is 6.61 Å². The second kappa shape index (κ2) is 6.71. The predicted molar refractivity (Wildman–Crippen MR) is 80.0 cm³/mol. The highest BCUT2D eigenvalue weighted by atomic mass is 16.3. The molecule has 0 aromatic heterocycles. The third-order valence-corrected chi connectivity index (χ3v) is 2.96. The van der Waals surface area contributed by atoms with Gasteiger partial charge in [0.1, 0.15) is 6.61 Å². The van der Waals surface area contributed by atoms with Gasteiger partial charge in [0.05, 0.1) is 0 Å². The summed E-state index contributed by atoms with van der Waals surface area (Å²) in [6, 6.07) is 0. The lowest BCUT2D eigenvalue weighted by Crippen LogP contribution is -2.45. The molecule has 3 N–H and O–H groups in total. The molecule has 0 aliphatic rings. The lowest BCUT2D eigenvalue weighted by atomic mass is 9.74. The van der Waals surface area contributed by atoms with Crippen molar-refractivity contribution in [3.05, 3.63) is 0 Å². The molecule has 0 atom stereocenters. The minimum Gasteiger partial charge on any atom is -0.387 e. The Labute approximate surface area is 118 Å². The SMILES string of the molecule is CC(C)(CNC(=O)CO)CC(C)(C)CNC(C)(C)C. The summed E-state index contributed by atoms with van der Waals surface area (Å²) in [6.07, 6.45) is 0.995. The number of rotatable bonds is 7. The van der Waals surface area contributed by atoms with E-state index in [2.05, 4.69) is 59.1 Å². The van der Waals surface area contributed by atoms with Gasteiger partial charge in [0.2, 0.25) is 5.91 Å². The fourth-order valence-electron chi connectivity index (χ4n) is 2.32. The summed E-state index contributed by atoms with van der Waals surface area (Å²) < 4.78 is 0. The van der Waals surface area contributed by atoms with Gasteiger partial charge in [-0.05, 0) is 38.0 Å². The molecule has 0 aromatic rings. The smallest absolute Gasteiger partial charge is 0.245 e. The Hall–Kier alpha value is -0.610. The number of aliphatic hydroxyl groups is 1. The maximum Gasteiger partial charge on any atom is 0.245 e. The molecule has 0 aliphatic heterocycles. The Bertz CT molecular complexity index is 291. The van der Waals surface area contributed by atoms with Crippen molar-refractivity contribution in [2.45, 2.75) is 60.4 Å². The highest BCUT2D eigenvalue weighted by molar-refractivity contribution is 5.76. The minimum atomic E-state index is -0.439. The number of aliphatic hydroxyl groups excluding tert-OH is 1. The lowest BCUT2D eigenvalue weighted by Gasteiger charge is -2.37. The third-order valence-electron chi connectivity index (χ3n) is 2.96. The summed E-state index contributed by atoms with van der Waals surface area (Å²) in [5, 5.41) is 15.0. The van der Waals surface area contributed by atoms with Crippen molar-refractivity contribution in [2.75, 3.05) is 19.7 Å². The van der Waals surface area contributed by atoms with Crippen molar-refractivity contribution in [1.82, 2.24) is 10.6 Å². The molecule has 1 amide bonds. The van der Waals surface area contributed by atoms with Gasteiger partial charge in [-0.15, -0.1) is 0 Å². The zero-order chi connectivity index (χ0) is 15.3. The van der Waals surface area contributed by atoms with Gasteiger partial charge < -0.3 is 15.7 Å². The van der Waals surface area contributed by atoms with Gasteiger partial charge >= 0.3 is 0 Å². The van der Waals surface area contributed by atoms with E-state index >= 15 is 0 Å². The second-order valence-electron chi connectivity index (χ2n) is 8.04. The number of amides is 1. The minimum absolute atomic E-state index is 0.00783. The monoisotopic (exact) mass is 272 g/mol. The van der Waals surface area contributed by atoms with Crippen LogP contribution in [0.2, 0.25) is 0 Å². The first-order valence-electron chi connectivity index (χ1n) is 7.00. The number of hydrogen-bond donors (Lipinski definition) is 3. The Morgan fingerprint density at radius 3 is 1.84 bits per heavy atom. The van der Waals surface area contributed by atoms with Crippen LogP contribution in [0.5, 0.6) is 0 Å². The molecule has 0 aliphatic carbocycles. The molecule has 0 heterocycles. The van der Waals surface area contributed by atoms with Crippen molar-refractivity contribution >= 4 is 5.91 Å². The van der Waals surface area contributed by atoms with Crippen LogP contribution in [-0.2, 0) is 4.79 Å². The molecular formula is C15H32N2O2. The number of carbonyl (C=O) groups excluding carboxylic acids is 1. The molecule has 0 rings (SSSR count). The molecule has 19 heavy (non-hydrogen) atoms. The first-order chi connectivity index (χ1) is 8.37. The predicted octanol–water partition coefficient (Wildman–Crippen LogP) is 1.93. The first-order valence-corrected chi connectivity index (χ1v) is 7.00. The quantitative estimate of drug-likeness (QED) is 0.663. The fraction of sp³-hybridized carbons (Fsp3) is 0.933. The summed E-state index contributed by atoms with van der Waals surface area (Å²) in [6.45, 7) is 16.3. The van der Waals surface area contributed by atoms with Gasteiger partial charge in [0, 0.05) is 18.6 Å². The summed E-state index contributed by atoms with van der Waals surface area (Å²) in [5.41, 5.74) is 0.279. The van der Waals surface area contributed by atoms with Crippen LogP contribution >= 0.6 is 0 Å². The lowest BCUT2D eigenvalue weighted by molar-refractivity contribution is -0.124. The molecule has 0 bridgehead atoms. The first kappa shape index (κ1) is 18.4. The molecule has 0 saturated heterocycles. The molecule has 0 spiro atoms. The van der Waals surface area contributed by atoms with Crippen LogP contribution in [-0.4, -0.2) is 36.2 Å². The average Bonchev–Trinajstić information content (AvgIpc) is 2.21. The maximum absolute atomic E-state index is 11.1. The summed E-state index contributed by atoms with van der Waals surface area (Å²) >= 11 is 0. The van der Waals surface area contributed by atoms with Crippen molar-refractivity contribution in [3.63, 3.8) is 0 Å². The molecule has 4 heteroatoms. The third kappa shape index (κ3) is 9.91. The van der Waals surface area contributed by atoms with Crippen LogP contribution in [0.3, 0.4) is 0 Å². The van der Waals surface area contributed by atoms with Crippen molar-refractivity contribution < 1.29 is 9.90 Å². The average molecular weight is 272 g/mol. The standard InChI is InChI=1S/C15H32N2O2/c1-13(2,3)17-11-15(6,7)9-14(4,5)10-16-12(19)8-18/h17-18H,8-11H2,1-7H3,(H,16,19).